The molecule has 0 aromatic carbocycles. The fourth-order valence-corrected chi connectivity index (χ4v) is 1.48. The van der Waals surface area contributed by atoms with E-state index in [4.69, 9.17) is 9.52 Å². The second kappa shape index (κ2) is 3.73. The second-order valence-electron chi connectivity index (χ2n) is 3.55. The summed E-state index contributed by atoms with van der Waals surface area (Å²) in [5.41, 5.74) is 2.30. The summed E-state index contributed by atoms with van der Waals surface area (Å²) in [6.07, 6.45) is 3.70. The monoisotopic (exact) mass is 205 g/mol. The lowest BCUT2D eigenvalue weighted by Crippen LogP contribution is -2.11. The van der Waals surface area contributed by atoms with Gasteiger partial charge < -0.3 is 9.52 Å². The largest absolute Gasteiger partial charge is 0.481 e. The Kier molecular flexibility index (Phi) is 2.41. The molecule has 0 amide bonds. The Bertz CT molecular complexity index is 489. The van der Waals surface area contributed by atoms with Crippen LogP contribution in [0.3, 0.4) is 0 Å². The van der Waals surface area contributed by atoms with E-state index < -0.39 is 11.9 Å². The predicted molar refractivity (Wildman–Crippen MR) is 54.5 cm³/mol. The summed E-state index contributed by atoms with van der Waals surface area (Å²) in [4.78, 5) is 14.9. The minimum absolute atomic E-state index is 0.423. The lowest BCUT2D eigenvalue weighted by atomic mass is 10.0. The number of carbonyl (C=O) groups is 1. The standard InChI is InChI=1S/C11H11NO3/c1-7(11(13)14)5-8-6-15-9-3-2-4-12-10(8)9/h2-4,6-7H,5H2,1H3,(H,13,14). The van der Waals surface area contributed by atoms with Crippen molar-refractivity contribution in [2.24, 2.45) is 5.92 Å². The smallest absolute Gasteiger partial charge is 0.306 e. The number of pyridine rings is 1. The molecule has 4 nitrogen and oxygen atoms in total. The molecule has 0 saturated heterocycles. The van der Waals surface area contributed by atoms with Gasteiger partial charge in [-0.25, -0.2) is 0 Å². The highest BCUT2D eigenvalue weighted by atomic mass is 16.4. The van der Waals surface area contributed by atoms with Crippen LogP contribution in [0.4, 0.5) is 0 Å². The molecule has 4 heteroatoms. The van der Waals surface area contributed by atoms with E-state index in [0.29, 0.717) is 12.0 Å². The van der Waals surface area contributed by atoms with Gasteiger partial charge in [-0.1, -0.05) is 6.92 Å². The number of fused-ring (bicyclic) bond motifs is 1. The van der Waals surface area contributed by atoms with E-state index in [2.05, 4.69) is 4.98 Å². The van der Waals surface area contributed by atoms with Crippen molar-refractivity contribution < 1.29 is 14.3 Å². The lowest BCUT2D eigenvalue weighted by molar-refractivity contribution is -0.141. The number of nitrogens with zero attached hydrogens (tertiary/aromatic N) is 1. The van der Waals surface area contributed by atoms with Gasteiger partial charge in [-0.2, -0.15) is 0 Å². The van der Waals surface area contributed by atoms with Gasteiger partial charge in [-0.05, 0) is 18.6 Å². The first-order valence-electron chi connectivity index (χ1n) is 4.72. The van der Waals surface area contributed by atoms with Gasteiger partial charge in [0.2, 0.25) is 0 Å². The molecule has 1 unspecified atom stereocenters. The van der Waals surface area contributed by atoms with Gasteiger partial charge in [-0.3, -0.25) is 9.78 Å². The summed E-state index contributed by atoms with van der Waals surface area (Å²) >= 11 is 0. The second-order valence-corrected chi connectivity index (χ2v) is 3.55. The van der Waals surface area contributed by atoms with Crippen molar-refractivity contribution in [3.63, 3.8) is 0 Å². The van der Waals surface area contributed by atoms with E-state index in [1.165, 1.54) is 0 Å². The molecule has 2 aromatic heterocycles. The summed E-state index contributed by atoms with van der Waals surface area (Å²) in [6.45, 7) is 1.67. The van der Waals surface area contributed by atoms with E-state index in [0.717, 1.165) is 11.1 Å². The highest BCUT2D eigenvalue weighted by Gasteiger charge is 2.15. The zero-order valence-corrected chi connectivity index (χ0v) is 8.30. The fraction of sp³-hybridized carbons (Fsp3) is 0.273. The Hall–Kier alpha value is -1.84. The number of carboxylic acid groups (broad SMARTS) is 1. The SMILES string of the molecule is CC(Cc1coc2cccnc12)C(=O)O. The van der Waals surface area contributed by atoms with Crippen LogP contribution < -0.4 is 0 Å². The third kappa shape index (κ3) is 1.83. The number of aliphatic carboxylic acids is 1. The number of rotatable bonds is 3. The quantitative estimate of drug-likeness (QED) is 0.833. The Balaban J connectivity index is 2.32. The van der Waals surface area contributed by atoms with Gasteiger partial charge >= 0.3 is 5.97 Å². The Morgan fingerprint density at radius 1 is 1.67 bits per heavy atom. The van der Waals surface area contributed by atoms with Crippen molar-refractivity contribution in [3.8, 4) is 0 Å². The number of aromatic nitrogens is 1. The topological polar surface area (TPSA) is 63.3 Å². The molecule has 0 spiro atoms. The number of furan rings is 1. The van der Waals surface area contributed by atoms with Crippen LogP contribution in [0.25, 0.3) is 11.1 Å². The molecule has 0 radical (unpaired) electrons. The van der Waals surface area contributed by atoms with Gasteiger partial charge in [0.05, 0.1) is 12.2 Å². The van der Waals surface area contributed by atoms with E-state index in [1.807, 2.05) is 6.07 Å². The van der Waals surface area contributed by atoms with Gasteiger partial charge in [-0.15, -0.1) is 0 Å². The average molecular weight is 205 g/mol. The third-order valence-electron chi connectivity index (χ3n) is 2.35. The maximum Gasteiger partial charge on any atom is 0.306 e. The van der Waals surface area contributed by atoms with Crippen molar-refractivity contribution in [2.45, 2.75) is 13.3 Å². The van der Waals surface area contributed by atoms with Gasteiger partial charge in [0.1, 0.15) is 5.52 Å². The first-order chi connectivity index (χ1) is 7.18. The van der Waals surface area contributed by atoms with Crippen molar-refractivity contribution in [2.75, 3.05) is 0 Å². The van der Waals surface area contributed by atoms with Crippen molar-refractivity contribution >= 4 is 17.1 Å². The van der Waals surface area contributed by atoms with Crippen LogP contribution in [0.5, 0.6) is 0 Å². The van der Waals surface area contributed by atoms with Crippen LogP contribution in [-0.4, -0.2) is 16.1 Å². The molecule has 2 aromatic rings. The molecule has 1 atom stereocenters. The van der Waals surface area contributed by atoms with E-state index in [1.54, 1.807) is 25.5 Å². The molecular weight excluding hydrogens is 194 g/mol. The van der Waals surface area contributed by atoms with Crippen molar-refractivity contribution in [1.82, 2.24) is 4.98 Å². The molecule has 0 aliphatic rings. The minimum Gasteiger partial charge on any atom is -0.481 e. The fourth-order valence-electron chi connectivity index (χ4n) is 1.48. The van der Waals surface area contributed by atoms with Crippen LogP contribution in [-0.2, 0) is 11.2 Å². The van der Waals surface area contributed by atoms with Crippen LogP contribution in [0.2, 0.25) is 0 Å². The summed E-state index contributed by atoms with van der Waals surface area (Å²) in [5, 5.41) is 8.80. The minimum atomic E-state index is -0.805. The maximum atomic E-state index is 10.7. The lowest BCUT2D eigenvalue weighted by Gasteiger charge is -2.02. The van der Waals surface area contributed by atoms with E-state index >= 15 is 0 Å². The van der Waals surface area contributed by atoms with Crippen LogP contribution in [0.1, 0.15) is 12.5 Å². The molecule has 0 fully saturated rings. The summed E-state index contributed by atoms with van der Waals surface area (Å²) in [5.74, 6) is -1.23. The predicted octanol–water partition coefficient (Wildman–Crippen LogP) is 2.09. The molecule has 1 N–H and O–H groups in total. The summed E-state index contributed by atoms with van der Waals surface area (Å²) in [6, 6.07) is 3.60. The Labute approximate surface area is 86.5 Å². The van der Waals surface area contributed by atoms with Crippen molar-refractivity contribution in [1.29, 1.82) is 0 Å². The van der Waals surface area contributed by atoms with Crippen LogP contribution >= 0.6 is 0 Å². The summed E-state index contributed by atoms with van der Waals surface area (Å²) < 4.78 is 5.27. The normalized spacial score (nSPS) is 12.9. The Morgan fingerprint density at radius 3 is 3.20 bits per heavy atom. The first-order valence-corrected chi connectivity index (χ1v) is 4.72. The number of carboxylic acids is 1. The highest BCUT2D eigenvalue weighted by Crippen LogP contribution is 2.21. The molecule has 0 aliphatic carbocycles. The maximum absolute atomic E-state index is 10.7. The average Bonchev–Trinajstić information content (AvgIpc) is 2.62. The highest BCUT2D eigenvalue weighted by molar-refractivity contribution is 5.77. The molecular formula is C11H11NO3. The summed E-state index contributed by atoms with van der Waals surface area (Å²) in [7, 11) is 0. The third-order valence-corrected chi connectivity index (χ3v) is 2.35. The van der Waals surface area contributed by atoms with E-state index in [9.17, 15) is 4.79 Å². The van der Waals surface area contributed by atoms with Gasteiger partial charge in [0, 0.05) is 11.8 Å². The zero-order valence-electron chi connectivity index (χ0n) is 8.30. The molecule has 0 saturated carbocycles. The zero-order chi connectivity index (χ0) is 10.8. The van der Waals surface area contributed by atoms with Crippen molar-refractivity contribution in [3.05, 3.63) is 30.2 Å². The molecule has 0 bridgehead atoms. The molecule has 15 heavy (non-hydrogen) atoms. The Morgan fingerprint density at radius 2 is 2.47 bits per heavy atom. The number of hydrogen-bond acceptors (Lipinski definition) is 3. The molecule has 2 heterocycles. The number of hydrogen-bond donors (Lipinski definition) is 1. The van der Waals surface area contributed by atoms with E-state index in [-0.39, 0.29) is 0 Å². The molecule has 78 valence electrons. The first kappa shape index (κ1) is 9.71. The van der Waals surface area contributed by atoms with Crippen LogP contribution in [0, 0.1) is 5.92 Å². The molecule has 2 rings (SSSR count). The van der Waals surface area contributed by atoms with Gasteiger partial charge in [0.25, 0.3) is 0 Å². The van der Waals surface area contributed by atoms with Gasteiger partial charge in [0.15, 0.2) is 5.58 Å². The molecule has 0 aliphatic heterocycles. The van der Waals surface area contributed by atoms with Crippen LogP contribution in [0.15, 0.2) is 29.0 Å².